The summed E-state index contributed by atoms with van der Waals surface area (Å²) >= 11 is 6.28. The Morgan fingerprint density at radius 2 is 2.26 bits per heavy atom. The van der Waals surface area contributed by atoms with E-state index < -0.39 is 0 Å². The third-order valence-corrected chi connectivity index (χ3v) is 3.95. The van der Waals surface area contributed by atoms with Gasteiger partial charge in [0.1, 0.15) is 0 Å². The van der Waals surface area contributed by atoms with Crippen molar-refractivity contribution in [2.75, 3.05) is 0 Å². The molecule has 0 aliphatic heterocycles. The molecular weight excluding hydrogens is 260 g/mol. The molecule has 3 N–H and O–H groups in total. The van der Waals surface area contributed by atoms with Crippen molar-refractivity contribution in [3.8, 4) is 0 Å². The summed E-state index contributed by atoms with van der Waals surface area (Å²) in [5, 5.41) is 5.03. The topological polar surface area (TPSA) is 55.9 Å². The van der Waals surface area contributed by atoms with Crippen molar-refractivity contribution in [3.63, 3.8) is 0 Å². The van der Waals surface area contributed by atoms with E-state index >= 15 is 0 Å². The number of aromatic nitrogens is 2. The van der Waals surface area contributed by atoms with Crippen LogP contribution >= 0.6 is 11.6 Å². The molecule has 0 aromatic carbocycles. The van der Waals surface area contributed by atoms with Gasteiger partial charge in [-0.3, -0.25) is 16.0 Å². The standard InChI is InChI=1S/C14H23ClN4/c1-10(2)19-14(12(15)9-17-19)13(18-16)8-11-6-4-3-5-7-11/h6,9-10,13,18H,3-5,7-8,16H2,1-2H3. The van der Waals surface area contributed by atoms with Crippen LogP contribution in [0.4, 0.5) is 0 Å². The number of nitrogens with zero attached hydrogens (tertiary/aromatic N) is 2. The average Bonchev–Trinajstić information content (AvgIpc) is 2.79. The van der Waals surface area contributed by atoms with Crippen molar-refractivity contribution in [2.24, 2.45) is 5.84 Å². The fraction of sp³-hybridized carbons (Fsp3) is 0.643. The molecule has 1 unspecified atom stereocenters. The molecule has 1 aliphatic carbocycles. The lowest BCUT2D eigenvalue weighted by molar-refractivity contribution is 0.442. The summed E-state index contributed by atoms with van der Waals surface area (Å²) in [5.41, 5.74) is 5.37. The van der Waals surface area contributed by atoms with E-state index in [4.69, 9.17) is 17.4 Å². The first-order valence-corrected chi connectivity index (χ1v) is 7.38. The van der Waals surface area contributed by atoms with E-state index in [0.717, 1.165) is 12.1 Å². The molecule has 4 nitrogen and oxygen atoms in total. The van der Waals surface area contributed by atoms with Crippen molar-refractivity contribution in [3.05, 3.63) is 28.6 Å². The first kappa shape index (κ1) is 14.6. The molecule has 106 valence electrons. The highest BCUT2D eigenvalue weighted by Crippen LogP contribution is 2.31. The van der Waals surface area contributed by atoms with Gasteiger partial charge < -0.3 is 0 Å². The fourth-order valence-electron chi connectivity index (χ4n) is 2.68. The van der Waals surface area contributed by atoms with Gasteiger partial charge in [0.15, 0.2) is 0 Å². The van der Waals surface area contributed by atoms with Gasteiger partial charge in [0.25, 0.3) is 0 Å². The molecule has 0 spiro atoms. The molecule has 19 heavy (non-hydrogen) atoms. The lowest BCUT2D eigenvalue weighted by Crippen LogP contribution is -2.31. The lowest BCUT2D eigenvalue weighted by Gasteiger charge is -2.23. The Hall–Kier alpha value is -0.840. The number of hydrazine groups is 1. The Bertz CT molecular complexity index is 450. The highest BCUT2D eigenvalue weighted by atomic mass is 35.5. The summed E-state index contributed by atoms with van der Waals surface area (Å²) in [7, 11) is 0. The maximum Gasteiger partial charge on any atom is 0.0834 e. The smallest absolute Gasteiger partial charge is 0.0834 e. The van der Waals surface area contributed by atoms with E-state index in [2.05, 4.69) is 30.4 Å². The Kier molecular flexibility index (Phi) is 5.02. The second-order valence-electron chi connectivity index (χ2n) is 5.45. The van der Waals surface area contributed by atoms with Crippen LogP contribution in [0.3, 0.4) is 0 Å². The number of hydrogen-bond acceptors (Lipinski definition) is 3. The van der Waals surface area contributed by atoms with Crippen LogP contribution in [0.1, 0.15) is 63.7 Å². The predicted octanol–water partition coefficient (Wildman–Crippen LogP) is 3.51. The molecule has 0 saturated heterocycles. The van der Waals surface area contributed by atoms with E-state index in [9.17, 15) is 0 Å². The van der Waals surface area contributed by atoms with Gasteiger partial charge in [-0.15, -0.1) is 0 Å². The fourth-order valence-corrected chi connectivity index (χ4v) is 2.94. The molecule has 1 aromatic rings. The normalized spacial score (nSPS) is 17.6. The van der Waals surface area contributed by atoms with Gasteiger partial charge in [-0.05, 0) is 46.0 Å². The lowest BCUT2D eigenvalue weighted by atomic mass is 9.93. The summed E-state index contributed by atoms with van der Waals surface area (Å²) in [6.45, 7) is 4.20. The number of nitrogens with two attached hydrogens (primary N) is 1. The number of hydrogen-bond donors (Lipinski definition) is 2. The van der Waals surface area contributed by atoms with Gasteiger partial charge >= 0.3 is 0 Å². The van der Waals surface area contributed by atoms with Crippen LogP contribution in [0.25, 0.3) is 0 Å². The van der Waals surface area contributed by atoms with Crippen molar-refractivity contribution < 1.29 is 0 Å². The summed E-state index contributed by atoms with van der Waals surface area (Å²) in [5.74, 6) is 5.74. The van der Waals surface area contributed by atoms with Gasteiger partial charge in [-0.1, -0.05) is 23.3 Å². The van der Waals surface area contributed by atoms with Crippen LogP contribution in [0, 0.1) is 0 Å². The van der Waals surface area contributed by atoms with Crippen LogP contribution in [0.5, 0.6) is 0 Å². The second kappa shape index (κ2) is 6.55. The first-order valence-electron chi connectivity index (χ1n) is 7.00. The van der Waals surface area contributed by atoms with Crippen LogP contribution in [0.15, 0.2) is 17.8 Å². The quantitative estimate of drug-likeness (QED) is 0.494. The molecule has 1 atom stereocenters. The molecule has 0 saturated carbocycles. The van der Waals surface area contributed by atoms with E-state index in [1.807, 2.05) is 4.68 Å². The summed E-state index contributed by atoms with van der Waals surface area (Å²) in [6, 6.07) is 0.306. The molecule has 1 aliphatic rings. The highest BCUT2D eigenvalue weighted by molar-refractivity contribution is 6.31. The molecule has 0 bridgehead atoms. The maximum atomic E-state index is 6.28. The Morgan fingerprint density at radius 3 is 2.84 bits per heavy atom. The maximum absolute atomic E-state index is 6.28. The third kappa shape index (κ3) is 3.38. The van der Waals surface area contributed by atoms with Gasteiger partial charge in [0.05, 0.1) is 23.0 Å². The first-order chi connectivity index (χ1) is 9.13. The number of halogens is 1. The Balaban J connectivity index is 2.21. The van der Waals surface area contributed by atoms with Crippen molar-refractivity contribution in [1.82, 2.24) is 15.2 Å². The minimum absolute atomic E-state index is 0.0294. The van der Waals surface area contributed by atoms with Gasteiger partial charge in [0, 0.05) is 6.04 Å². The van der Waals surface area contributed by atoms with Gasteiger partial charge in [-0.25, -0.2) is 0 Å². The van der Waals surface area contributed by atoms with E-state index in [-0.39, 0.29) is 12.1 Å². The monoisotopic (exact) mass is 282 g/mol. The zero-order valence-electron chi connectivity index (χ0n) is 11.7. The average molecular weight is 283 g/mol. The number of rotatable bonds is 5. The second-order valence-corrected chi connectivity index (χ2v) is 5.85. The van der Waals surface area contributed by atoms with E-state index in [0.29, 0.717) is 5.02 Å². The van der Waals surface area contributed by atoms with E-state index in [1.54, 1.807) is 6.20 Å². The summed E-state index contributed by atoms with van der Waals surface area (Å²) in [4.78, 5) is 0. The van der Waals surface area contributed by atoms with Crippen LogP contribution in [0.2, 0.25) is 5.02 Å². The molecule has 2 rings (SSSR count). The number of allylic oxidation sites excluding steroid dienone is 1. The number of nitrogens with one attached hydrogen (secondary N) is 1. The third-order valence-electron chi connectivity index (χ3n) is 3.66. The van der Waals surface area contributed by atoms with Crippen molar-refractivity contribution in [1.29, 1.82) is 0 Å². The van der Waals surface area contributed by atoms with Crippen molar-refractivity contribution >= 4 is 11.6 Å². The minimum atomic E-state index is 0.0294. The van der Waals surface area contributed by atoms with Crippen LogP contribution < -0.4 is 11.3 Å². The largest absolute Gasteiger partial charge is 0.271 e. The highest BCUT2D eigenvalue weighted by Gasteiger charge is 2.22. The summed E-state index contributed by atoms with van der Waals surface area (Å²) in [6.07, 6.45) is 9.90. The predicted molar refractivity (Wildman–Crippen MR) is 78.9 cm³/mol. The molecule has 5 heteroatoms. The van der Waals surface area contributed by atoms with Crippen LogP contribution in [-0.4, -0.2) is 9.78 Å². The van der Waals surface area contributed by atoms with Crippen LogP contribution in [-0.2, 0) is 0 Å². The zero-order valence-corrected chi connectivity index (χ0v) is 12.5. The molecular formula is C14H23ClN4. The van der Waals surface area contributed by atoms with E-state index in [1.165, 1.54) is 31.3 Å². The molecule has 0 radical (unpaired) electrons. The molecule has 0 amide bonds. The zero-order chi connectivity index (χ0) is 13.8. The van der Waals surface area contributed by atoms with Crippen molar-refractivity contribution in [2.45, 2.75) is 58.0 Å². The minimum Gasteiger partial charge on any atom is -0.271 e. The molecule has 0 fully saturated rings. The van der Waals surface area contributed by atoms with Gasteiger partial charge in [0.2, 0.25) is 0 Å². The molecule has 1 heterocycles. The molecule has 1 aromatic heterocycles. The Morgan fingerprint density at radius 1 is 1.47 bits per heavy atom. The van der Waals surface area contributed by atoms with Gasteiger partial charge in [-0.2, -0.15) is 5.10 Å². The Labute approximate surface area is 120 Å². The summed E-state index contributed by atoms with van der Waals surface area (Å²) < 4.78 is 1.95. The SMILES string of the molecule is CC(C)n1ncc(Cl)c1C(CC1=CCCCC1)NN.